The highest BCUT2D eigenvalue weighted by Crippen LogP contribution is 2.14. The summed E-state index contributed by atoms with van der Waals surface area (Å²) >= 11 is 0. The Kier molecular flexibility index (Phi) is 8.14. The highest BCUT2D eigenvalue weighted by Gasteiger charge is 2.22. The van der Waals surface area contributed by atoms with Gasteiger partial charge in [0.25, 0.3) is 0 Å². The van der Waals surface area contributed by atoms with E-state index in [1.807, 2.05) is 0 Å². The van der Waals surface area contributed by atoms with E-state index < -0.39 is 6.17 Å². The smallest absolute Gasteiger partial charge is 0.103 e. The molecule has 0 saturated carbocycles. The highest BCUT2D eigenvalue weighted by molar-refractivity contribution is 4.82. The minimum atomic E-state index is -0.532. The lowest BCUT2D eigenvalue weighted by atomic mass is 10.1. The van der Waals surface area contributed by atoms with Gasteiger partial charge >= 0.3 is 0 Å². The van der Waals surface area contributed by atoms with Crippen LogP contribution in [0.5, 0.6) is 0 Å². The van der Waals surface area contributed by atoms with Gasteiger partial charge in [-0.05, 0) is 54.4 Å². The van der Waals surface area contributed by atoms with Crippen molar-refractivity contribution < 1.29 is 4.39 Å². The summed E-state index contributed by atoms with van der Waals surface area (Å²) in [4.78, 5) is 4.86. The monoisotopic (exact) mass is 301 g/mol. The van der Waals surface area contributed by atoms with Crippen LogP contribution in [0.15, 0.2) is 0 Å². The van der Waals surface area contributed by atoms with Crippen molar-refractivity contribution in [3.05, 3.63) is 0 Å². The van der Waals surface area contributed by atoms with Crippen molar-refractivity contribution in [2.75, 3.05) is 26.2 Å². The molecule has 0 bridgehead atoms. The predicted octanol–water partition coefficient (Wildman–Crippen LogP) is 2.91. The molecule has 2 fully saturated rings. The first-order chi connectivity index (χ1) is 9.79. The molecule has 2 unspecified atom stereocenters. The largest absolute Gasteiger partial charge is 0.309 e. The summed E-state index contributed by atoms with van der Waals surface area (Å²) in [5, 5.41) is 3.52. The first-order valence-corrected chi connectivity index (χ1v) is 8.67. The van der Waals surface area contributed by atoms with Crippen LogP contribution in [0.3, 0.4) is 0 Å². The predicted molar refractivity (Wildman–Crippen MR) is 89.6 cm³/mol. The Bertz CT molecular complexity index is 265. The lowest BCUT2D eigenvalue weighted by molar-refractivity contribution is 0.125. The average Bonchev–Trinajstić information content (AvgIpc) is 2.38. The molecule has 4 heteroatoms. The Balaban J connectivity index is 0.000000211. The zero-order valence-corrected chi connectivity index (χ0v) is 14.9. The van der Waals surface area contributed by atoms with Crippen molar-refractivity contribution in [2.24, 2.45) is 0 Å². The Labute approximate surface area is 131 Å². The summed E-state index contributed by atoms with van der Waals surface area (Å²) in [6, 6.07) is 2.59. The fourth-order valence-electron chi connectivity index (χ4n) is 3.18. The van der Waals surface area contributed by atoms with Gasteiger partial charge in [0.15, 0.2) is 0 Å². The summed E-state index contributed by atoms with van der Waals surface area (Å²) in [5.74, 6) is 0. The number of piperazine rings is 1. The SMILES string of the molecule is CC(C)N1CCC(F)CC1.CC1CN(C(C)C)CC(C)N1. The molecular formula is C17H36FN3. The van der Waals surface area contributed by atoms with Gasteiger partial charge in [-0.25, -0.2) is 4.39 Å². The topological polar surface area (TPSA) is 18.5 Å². The van der Waals surface area contributed by atoms with Gasteiger partial charge < -0.3 is 10.2 Å². The lowest BCUT2D eigenvalue weighted by Gasteiger charge is -2.38. The van der Waals surface area contributed by atoms with Crippen molar-refractivity contribution in [3.8, 4) is 0 Å². The molecule has 126 valence electrons. The van der Waals surface area contributed by atoms with E-state index in [0.29, 0.717) is 24.2 Å². The number of hydrogen-bond donors (Lipinski definition) is 1. The average molecular weight is 301 g/mol. The number of nitrogens with one attached hydrogen (secondary N) is 1. The van der Waals surface area contributed by atoms with Gasteiger partial charge in [0.05, 0.1) is 0 Å². The minimum absolute atomic E-state index is 0.532. The molecule has 0 spiro atoms. The van der Waals surface area contributed by atoms with Crippen LogP contribution < -0.4 is 5.32 Å². The van der Waals surface area contributed by atoms with Crippen molar-refractivity contribution in [3.63, 3.8) is 0 Å². The molecule has 0 aromatic heterocycles. The van der Waals surface area contributed by atoms with Crippen LogP contribution >= 0.6 is 0 Å². The molecule has 2 rings (SSSR count). The summed E-state index contributed by atoms with van der Waals surface area (Å²) in [7, 11) is 0. The third kappa shape index (κ3) is 7.07. The number of piperidine rings is 1. The summed E-state index contributed by atoms with van der Waals surface area (Å²) in [6.07, 6.45) is 0.936. The number of nitrogens with zero attached hydrogens (tertiary/aromatic N) is 2. The number of rotatable bonds is 2. The zero-order valence-electron chi connectivity index (χ0n) is 14.9. The summed E-state index contributed by atoms with van der Waals surface area (Å²) in [6.45, 7) is 17.7. The quantitative estimate of drug-likeness (QED) is 0.846. The summed E-state index contributed by atoms with van der Waals surface area (Å²) < 4.78 is 12.6. The molecule has 2 saturated heterocycles. The van der Waals surface area contributed by atoms with Gasteiger partial charge in [-0.1, -0.05) is 0 Å². The molecule has 0 radical (unpaired) electrons. The Morgan fingerprint density at radius 3 is 1.67 bits per heavy atom. The fourth-order valence-corrected chi connectivity index (χ4v) is 3.18. The third-order valence-electron chi connectivity index (χ3n) is 4.51. The molecule has 21 heavy (non-hydrogen) atoms. The van der Waals surface area contributed by atoms with E-state index in [1.165, 1.54) is 13.1 Å². The van der Waals surface area contributed by atoms with Crippen LogP contribution in [0.4, 0.5) is 4.39 Å². The van der Waals surface area contributed by atoms with Crippen LogP contribution in [-0.2, 0) is 0 Å². The lowest BCUT2D eigenvalue weighted by Crippen LogP contribution is -2.55. The number of hydrogen-bond acceptors (Lipinski definition) is 3. The van der Waals surface area contributed by atoms with Gasteiger partial charge in [-0.2, -0.15) is 0 Å². The third-order valence-corrected chi connectivity index (χ3v) is 4.51. The van der Waals surface area contributed by atoms with Crippen molar-refractivity contribution in [1.29, 1.82) is 0 Å². The van der Waals surface area contributed by atoms with Gasteiger partial charge in [0.2, 0.25) is 0 Å². The van der Waals surface area contributed by atoms with Crippen molar-refractivity contribution in [1.82, 2.24) is 15.1 Å². The molecule has 2 aliphatic heterocycles. The second-order valence-corrected chi connectivity index (χ2v) is 7.32. The fraction of sp³-hybridized carbons (Fsp3) is 1.00. The maximum Gasteiger partial charge on any atom is 0.103 e. The van der Waals surface area contributed by atoms with Gasteiger partial charge in [-0.15, -0.1) is 0 Å². The van der Waals surface area contributed by atoms with E-state index in [9.17, 15) is 4.39 Å². The van der Waals surface area contributed by atoms with Crippen LogP contribution in [0.25, 0.3) is 0 Å². The molecule has 0 aromatic carbocycles. The normalized spacial score (nSPS) is 29.6. The maximum absolute atomic E-state index is 12.6. The second-order valence-electron chi connectivity index (χ2n) is 7.32. The van der Waals surface area contributed by atoms with E-state index in [0.717, 1.165) is 25.9 Å². The number of halogens is 1. The first kappa shape index (κ1) is 18.9. The second kappa shape index (κ2) is 9.06. The van der Waals surface area contributed by atoms with Crippen LogP contribution in [0, 0.1) is 0 Å². The van der Waals surface area contributed by atoms with E-state index in [2.05, 4.69) is 56.7 Å². The zero-order chi connectivity index (χ0) is 16.0. The van der Waals surface area contributed by atoms with E-state index >= 15 is 0 Å². The number of likely N-dealkylation sites (tertiary alicyclic amines) is 1. The van der Waals surface area contributed by atoms with Gasteiger partial charge in [0.1, 0.15) is 6.17 Å². The molecule has 2 aliphatic rings. The summed E-state index contributed by atoms with van der Waals surface area (Å²) in [5.41, 5.74) is 0. The molecule has 1 N–H and O–H groups in total. The van der Waals surface area contributed by atoms with Gasteiger partial charge in [-0.3, -0.25) is 4.90 Å². The molecular weight excluding hydrogens is 265 g/mol. The minimum Gasteiger partial charge on any atom is -0.309 e. The molecule has 0 aliphatic carbocycles. The molecule has 0 amide bonds. The Hall–Kier alpha value is -0.190. The Morgan fingerprint density at radius 2 is 1.29 bits per heavy atom. The molecule has 2 heterocycles. The van der Waals surface area contributed by atoms with Crippen LogP contribution in [-0.4, -0.2) is 66.3 Å². The van der Waals surface area contributed by atoms with Crippen molar-refractivity contribution >= 4 is 0 Å². The van der Waals surface area contributed by atoms with E-state index in [1.54, 1.807) is 0 Å². The standard InChI is InChI=1S/C9H20N2.C8H16FN/c1-7(2)11-5-8(3)10-9(4)6-11;1-7(2)10-5-3-8(9)4-6-10/h7-10H,5-6H2,1-4H3;7-8H,3-6H2,1-2H3. The van der Waals surface area contributed by atoms with E-state index in [-0.39, 0.29) is 0 Å². The molecule has 0 aromatic rings. The molecule has 2 atom stereocenters. The first-order valence-electron chi connectivity index (χ1n) is 8.67. The highest BCUT2D eigenvalue weighted by atomic mass is 19.1. The number of alkyl halides is 1. The Morgan fingerprint density at radius 1 is 0.857 bits per heavy atom. The maximum atomic E-state index is 12.6. The van der Waals surface area contributed by atoms with E-state index in [4.69, 9.17) is 0 Å². The van der Waals surface area contributed by atoms with Gasteiger partial charge in [0, 0.05) is 50.3 Å². The molecule has 3 nitrogen and oxygen atoms in total. The van der Waals surface area contributed by atoms with Crippen LogP contribution in [0.1, 0.15) is 54.4 Å². The van der Waals surface area contributed by atoms with Crippen molar-refractivity contribution in [2.45, 2.75) is 84.7 Å². The van der Waals surface area contributed by atoms with Crippen LogP contribution in [0.2, 0.25) is 0 Å².